The van der Waals surface area contributed by atoms with E-state index in [1.165, 1.54) is 42.3 Å². The van der Waals surface area contributed by atoms with E-state index in [9.17, 15) is 24.5 Å². The van der Waals surface area contributed by atoms with Gasteiger partial charge in [0.25, 0.3) is 11.6 Å². The lowest BCUT2D eigenvalue weighted by atomic mass is 10.1. The minimum absolute atomic E-state index is 0.0174. The average Bonchev–Trinajstić information content (AvgIpc) is 3.15. The highest BCUT2D eigenvalue weighted by Gasteiger charge is 2.37. The Kier molecular flexibility index (Phi) is 7.16. The van der Waals surface area contributed by atoms with Crippen molar-refractivity contribution in [3.8, 4) is 5.75 Å². The number of nitro groups is 1. The van der Waals surface area contributed by atoms with Crippen LogP contribution in [0.15, 0.2) is 36.4 Å². The molecule has 0 radical (unpaired) electrons. The van der Waals surface area contributed by atoms with Crippen molar-refractivity contribution >= 4 is 58.0 Å². The number of anilines is 2. The van der Waals surface area contributed by atoms with Gasteiger partial charge >= 0.3 is 5.97 Å². The summed E-state index contributed by atoms with van der Waals surface area (Å²) in [4.78, 5) is 48.6. The van der Waals surface area contributed by atoms with Gasteiger partial charge in [-0.3, -0.25) is 24.5 Å². The van der Waals surface area contributed by atoms with Gasteiger partial charge in [-0.05, 0) is 24.3 Å². The lowest BCUT2D eigenvalue weighted by Crippen LogP contribution is -2.28. The normalized spacial score (nSPS) is 15.4. The molecular weight excluding hydrogens is 465 g/mol. The molecule has 2 aromatic carbocycles. The number of carbonyl (C=O) groups excluding carboxylic acids is 3. The third-order valence-electron chi connectivity index (χ3n) is 4.67. The maximum absolute atomic E-state index is 12.4. The molecule has 1 heterocycles. The lowest BCUT2D eigenvalue weighted by molar-refractivity contribution is -0.384. The van der Waals surface area contributed by atoms with Gasteiger partial charge in [0.15, 0.2) is 6.61 Å². The molecule has 0 bridgehead atoms. The first-order valence-corrected chi connectivity index (χ1v) is 9.99. The number of rotatable bonds is 7. The topological polar surface area (TPSA) is 128 Å². The van der Waals surface area contributed by atoms with Crippen LogP contribution in [-0.4, -0.2) is 43.0 Å². The van der Waals surface area contributed by atoms with Crippen LogP contribution in [0.2, 0.25) is 10.0 Å². The number of carbonyl (C=O) groups is 3. The number of nitro benzene ring substituents is 1. The Labute approximate surface area is 192 Å². The zero-order valence-corrected chi connectivity index (χ0v) is 18.2. The van der Waals surface area contributed by atoms with Gasteiger partial charge in [-0.15, -0.1) is 0 Å². The number of halogens is 2. The van der Waals surface area contributed by atoms with Crippen LogP contribution in [-0.2, 0) is 19.1 Å². The second-order valence-corrected chi connectivity index (χ2v) is 7.64. The fraction of sp³-hybridized carbons (Fsp3) is 0.250. The van der Waals surface area contributed by atoms with Gasteiger partial charge in [0.2, 0.25) is 5.91 Å². The number of hydrogen-bond acceptors (Lipinski definition) is 7. The smallest absolute Gasteiger partial charge is 0.311 e. The molecule has 168 valence electrons. The molecule has 0 aromatic heterocycles. The number of methoxy groups -OCH3 is 1. The lowest BCUT2D eigenvalue weighted by Gasteiger charge is -2.19. The predicted molar refractivity (Wildman–Crippen MR) is 116 cm³/mol. The van der Waals surface area contributed by atoms with Crippen molar-refractivity contribution in [1.82, 2.24) is 0 Å². The highest BCUT2D eigenvalue weighted by atomic mass is 35.5. The summed E-state index contributed by atoms with van der Waals surface area (Å²) in [6.07, 6.45) is -0.135. The third-order valence-corrected chi connectivity index (χ3v) is 5.22. The van der Waals surface area contributed by atoms with Gasteiger partial charge < -0.3 is 19.7 Å². The van der Waals surface area contributed by atoms with E-state index in [0.29, 0.717) is 16.4 Å². The quantitative estimate of drug-likeness (QED) is 0.364. The Morgan fingerprint density at radius 3 is 2.66 bits per heavy atom. The van der Waals surface area contributed by atoms with Crippen molar-refractivity contribution in [2.24, 2.45) is 5.92 Å². The summed E-state index contributed by atoms with van der Waals surface area (Å²) in [7, 11) is 1.32. The molecule has 10 nitrogen and oxygen atoms in total. The second-order valence-electron chi connectivity index (χ2n) is 6.80. The molecule has 32 heavy (non-hydrogen) atoms. The summed E-state index contributed by atoms with van der Waals surface area (Å²) in [5, 5.41) is 14.1. The summed E-state index contributed by atoms with van der Waals surface area (Å²) in [6, 6.07) is 8.32. The Morgan fingerprint density at radius 1 is 1.25 bits per heavy atom. The molecule has 0 saturated carbocycles. The molecule has 2 aromatic rings. The molecule has 2 amide bonds. The van der Waals surface area contributed by atoms with E-state index in [-0.39, 0.29) is 35.3 Å². The molecule has 3 rings (SSSR count). The van der Waals surface area contributed by atoms with Crippen LogP contribution < -0.4 is 15.0 Å². The molecule has 0 unspecified atom stereocenters. The maximum atomic E-state index is 12.4. The van der Waals surface area contributed by atoms with Crippen LogP contribution in [0.25, 0.3) is 0 Å². The number of nitrogens with zero attached hydrogens (tertiary/aromatic N) is 2. The monoisotopic (exact) mass is 481 g/mol. The number of non-ortho nitro benzene ring substituents is 1. The van der Waals surface area contributed by atoms with E-state index < -0.39 is 29.3 Å². The Bertz CT molecular complexity index is 1090. The number of amides is 2. The minimum atomic E-state index is -0.811. The van der Waals surface area contributed by atoms with Gasteiger partial charge in [-0.1, -0.05) is 23.2 Å². The largest absolute Gasteiger partial charge is 0.494 e. The second kappa shape index (κ2) is 9.84. The van der Waals surface area contributed by atoms with Gasteiger partial charge in [0, 0.05) is 24.1 Å². The van der Waals surface area contributed by atoms with Crippen LogP contribution in [0.1, 0.15) is 6.42 Å². The van der Waals surface area contributed by atoms with Crippen LogP contribution >= 0.6 is 23.2 Å². The van der Waals surface area contributed by atoms with Gasteiger partial charge in [-0.25, -0.2) is 0 Å². The Hall–Kier alpha value is -3.37. The molecule has 1 atom stereocenters. The fourth-order valence-corrected chi connectivity index (χ4v) is 3.59. The van der Waals surface area contributed by atoms with Gasteiger partial charge in [0.05, 0.1) is 40.4 Å². The number of esters is 1. The molecule has 1 aliphatic rings. The molecule has 1 N–H and O–H groups in total. The van der Waals surface area contributed by atoms with E-state index in [2.05, 4.69) is 5.32 Å². The van der Waals surface area contributed by atoms with E-state index >= 15 is 0 Å². The zero-order valence-electron chi connectivity index (χ0n) is 16.7. The zero-order chi connectivity index (χ0) is 23.4. The van der Waals surface area contributed by atoms with Gasteiger partial charge in [0.1, 0.15) is 5.75 Å². The predicted octanol–water partition coefficient (Wildman–Crippen LogP) is 3.45. The van der Waals surface area contributed by atoms with E-state index in [1.54, 1.807) is 6.07 Å². The molecule has 0 spiro atoms. The van der Waals surface area contributed by atoms with Crippen molar-refractivity contribution in [2.75, 3.05) is 30.5 Å². The first-order valence-electron chi connectivity index (χ1n) is 9.24. The number of hydrogen-bond donors (Lipinski definition) is 1. The van der Waals surface area contributed by atoms with E-state index in [4.69, 9.17) is 32.7 Å². The summed E-state index contributed by atoms with van der Waals surface area (Å²) in [5.41, 5.74) is 0.415. The molecule has 1 fully saturated rings. The number of benzene rings is 2. The molecule has 12 heteroatoms. The standard InChI is InChI=1S/C20H17Cl2N3O7/c1-31-17-8-13(25(29)30)3-5-16(17)24-9-11(6-19(24)27)20(28)32-10-18(26)23-15-4-2-12(21)7-14(15)22/h2-5,7-8,11H,6,9-10H2,1H3,(H,23,26)/t11-/m1/s1. The van der Waals surface area contributed by atoms with Gasteiger partial charge in [-0.2, -0.15) is 0 Å². The summed E-state index contributed by atoms with van der Waals surface area (Å²) < 4.78 is 10.2. The summed E-state index contributed by atoms with van der Waals surface area (Å²) >= 11 is 11.8. The van der Waals surface area contributed by atoms with Crippen LogP contribution in [0.3, 0.4) is 0 Å². The van der Waals surface area contributed by atoms with Crippen molar-refractivity contribution in [1.29, 1.82) is 0 Å². The third kappa shape index (κ3) is 5.27. The van der Waals surface area contributed by atoms with Crippen molar-refractivity contribution < 1.29 is 28.8 Å². The first kappa shape index (κ1) is 23.3. The van der Waals surface area contributed by atoms with Crippen LogP contribution in [0, 0.1) is 16.0 Å². The van der Waals surface area contributed by atoms with Crippen LogP contribution in [0.4, 0.5) is 17.1 Å². The molecule has 1 aliphatic heterocycles. The van der Waals surface area contributed by atoms with E-state index in [0.717, 1.165) is 0 Å². The van der Waals surface area contributed by atoms with Crippen molar-refractivity contribution in [3.05, 3.63) is 56.6 Å². The minimum Gasteiger partial charge on any atom is -0.494 e. The van der Waals surface area contributed by atoms with Crippen molar-refractivity contribution in [2.45, 2.75) is 6.42 Å². The highest BCUT2D eigenvalue weighted by Crippen LogP contribution is 2.36. The van der Waals surface area contributed by atoms with Crippen LogP contribution in [0.5, 0.6) is 5.75 Å². The van der Waals surface area contributed by atoms with Crippen molar-refractivity contribution in [3.63, 3.8) is 0 Å². The summed E-state index contributed by atoms with van der Waals surface area (Å²) in [6.45, 7) is -0.584. The average molecular weight is 482 g/mol. The molecular formula is C20H17Cl2N3O7. The van der Waals surface area contributed by atoms with E-state index in [1.807, 2.05) is 0 Å². The number of ether oxygens (including phenoxy) is 2. The number of nitrogens with one attached hydrogen (secondary N) is 1. The Balaban J connectivity index is 1.60. The molecule has 0 aliphatic carbocycles. The summed E-state index contributed by atoms with van der Waals surface area (Å²) in [5.74, 6) is -2.40. The maximum Gasteiger partial charge on any atom is 0.311 e. The highest BCUT2D eigenvalue weighted by molar-refractivity contribution is 6.36. The Morgan fingerprint density at radius 2 is 2.00 bits per heavy atom. The fourth-order valence-electron chi connectivity index (χ4n) is 3.13. The molecule has 1 saturated heterocycles. The first-order chi connectivity index (χ1) is 15.2. The SMILES string of the molecule is COc1cc([N+](=O)[O-])ccc1N1C[C@H](C(=O)OCC(=O)Nc2ccc(Cl)cc2Cl)CC1=O.